The molecule has 0 amide bonds. The van der Waals surface area contributed by atoms with Crippen molar-refractivity contribution in [2.24, 2.45) is 5.92 Å². The molecule has 1 aliphatic rings. The first kappa shape index (κ1) is 14.6. The summed E-state index contributed by atoms with van der Waals surface area (Å²) < 4.78 is 27.4. The van der Waals surface area contributed by atoms with Crippen LogP contribution in [0.2, 0.25) is 5.02 Å². The lowest BCUT2D eigenvalue weighted by Crippen LogP contribution is -2.28. The topological polar surface area (TPSA) is 72.2 Å². The van der Waals surface area contributed by atoms with Crippen molar-refractivity contribution in [3.05, 3.63) is 22.7 Å². The Bertz CT molecular complexity index is 587. The first-order valence-corrected chi connectivity index (χ1v) is 8.29. The third kappa shape index (κ3) is 3.22. The highest BCUT2D eigenvalue weighted by atomic mass is 35.5. The summed E-state index contributed by atoms with van der Waals surface area (Å²) in [4.78, 5) is 0.180. The fourth-order valence-electron chi connectivity index (χ4n) is 2.30. The molecule has 1 fully saturated rings. The summed E-state index contributed by atoms with van der Waals surface area (Å²) in [6, 6.07) is 3.07. The van der Waals surface area contributed by atoms with Crippen LogP contribution in [-0.4, -0.2) is 14.5 Å². The van der Waals surface area contributed by atoms with Gasteiger partial charge in [-0.25, -0.2) is 13.1 Å². The Morgan fingerprint density at radius 2 is 2.16 bits per heavy atom. The Kier molecular flexibility index (Phi) is 4.08. The van der Waals surface area contributed by atoms with E-state index in [1.165, 1.54) is 6.07 Å². The summed E-state index contributed by atoms with van der Waals surface area (Å²) in [5.41, 5.74) is 6.71. The summed E-state index contributed by atoms with van der Waals surface area (Å²) >= 11 is 5.89. The Morgan fingerprint density at radius 3 is 2.79 bits per heavy atom. The molecule has 0 aliphatic heterocycles. The van der Waals surface area contributed by atoms with Gasteiger partial charge in [0.05, 0.1) is 4.90 Å². The van der Waals surface area contributed by atoms with Crippen LogP contribution in [0.3, 0.4) is 0 Å². The molecule has 2 atom stereocenters. The standard InChI is InChI=1S/C13H19ClN2O2S/c1-3-4-9-5-12(9)16-19(17,18)13-7-10(14)6-11(15)8(13)2/h6-7,9,12,16H,3-5,15H2,1-2H3. The zero-order valence-corrected chi connectivity index (χ0v) is 12.7. The summed E-state index contributed by atoms with van der Waals surface area (Å²) in [6.45, 7) is 3.79. The van der Waals surface area contributed by atoms with Gasteiger partial charge in [-0.2, -0.15) is 0 Å². The maximum atomic E-state index is 12.3. The Labute approximate surface area is 119 Å². The smallest absolute Gasteiger partial charge is 0.241 e. The minimum atomic E-state index is -3.54. The summed E-state index contributed by atoms with van der Waals surface area (Å²) in [5, 5.41) is 0.337. The SMILES string of the molecule is CCCC1CC1NS(=O)(=O)c1cc(Cl)cc(N)c1C. The average Bonchev–Trinajstić information content (AvgIpc) is 3.01. The van der Waals surface area contributed by atoms with Gasteiger partial charge >= 0.3 is 0 Å². The largest absolute Gasteiger partial charge is 0.398 e. The first-order valence-electron chi connectivity index (χ1n) is 6.43. The Balaban J connectivity index is 2.21. The van der Waals surface area contributed by atoms with E-state index in [2.05, 4.69) is 11.6 Å². The Hall–Kier alpha value is -0.780. The molecule has 1 aromatic carbocycles. The molecule has 1 aromatic rings. The Morgan fingerprint density at radius 1 is 1.47 bits per heavy atom. The van der Waals surface area contributed by atoms with E-state index in [0.29, 0.717) is 22.2 Å². The lowest BCUT2D eigenvalue weighted by atomic mass is 10.2. The highest BCUT2D eigenvalue weighted by molar-refractivity contribution is 7.89. The molecule has 19 heavy (non-hydrogen) atoms. The molecule has 1 saturated carbocycles. The molecule has 3 N–H and O–H groups in total. The number of benzene rings is 1. The van der Waals surface area contributed by atoms with Crippen LogP contribution in [-0.2, 0) is 10.0 Å². The fraction of sp³-hybridized carbons (Fsp3) is 0.538. The summed E-state index contributed by atoms with van der Waals surface area (Å²) in [6.07, 6.45) is 3.05. The lowest BCUT2D eigenvalue weighted by molar-refractivity contribution is 0.572. The lowest BCUT2D eigenvalue weighted by Gasteiger charge is -2.11. The van der Waals surface area contributed by atoms with E-state index in [4.69, 9.17) is 17.3 Å². The van der Waals surface area contributed by atoms with Gasteiger partial charge in [0.15, 0.2) is 0 Å². The van der Waals surface area contributed by atoms with Crippen LogP contribution in [0.25, 0.3) is 0 Å². The number of nitrogens with two attached hydrogens (primary N) is 1. The van der Waals surface area contributed by atoms with Crippen molar-refractivity contribution in [1.82, 2.24) is 4.72 Å². The third-order valence-corrected chi connectivity index (χ3v) is 5.38. The molecular weight excluding hydrogens is 284 g/mol. The molecule has 2 unspecified atom stereocenters. The highest BCUT2D eigenvalue weighted by Gasteiger charge is 2.39. The number of sulfonamides is 1. The molecule has 4 nitrogen and oxygen atoms in total. The maximum absolute atomic E-state index is 12.3. The molecule has 0 saturated heterocycles. The van der Waals surface area contributed by atoms with Crippen LogP contribution in [0.5, 0.6) is 0 Å². The van der Waals surface area contributed by atoms with Crippen molar-refractivity contribution in [2.45, 2.75) is 44.0 Å². The van der Waals surface area contributed by atoms with E-state index in [9.17, 15) is 8.42 Å². The number of anilines is 1. The van der Waals surface area contributed by atoms with Gasteiger partial charge in [0.1, 0.15) is 0 Å². The minimum absolute atomic E-state index is 0.0598. The number of nitrogens with one attached hydrogen (secondary N) is 1. The van der Waals surface area contributed by atoms with Crippen molar-refractivity contribution in [3.8, 4) is 0 Å². The van der Waals surface area contributed by atoms with Crippen molar-refractivity contribution >= 4 is 27.3 Å². The van der Waals surface area contributed by atoms with Crippen LogP contribution in [0.1, 0.15) is 31.7 Å². The van der Waals surface area contributed by atoms with Crippen LogP contribution < -0.4 is 10.5 Å². The fourth-order valence-corrected chi connectivity index (χ4v) is 4.21. The molecule has 0 aromatic heterocycles. The zero-order valence-electron chi connectivity index (χ0n) is 11.1. The van der Waals surface area contributed by atoms with Gasteiger partial charge < -0.3 is 5.73 Å². The van der Waals surface area contributed by atoms with Gasteiger partial charge in [0, 0.05) is 16.8 Å². The first-order chi connectivity index (χ1) is 8.85. The average molecular weight is 303 g/mol. The van der Waals surface area contributed by atoms with E-state index in [0.717, 1.165) is 19.3 Å². The van der Waals surface area contributed by atoms with Crippen molar-refractivity contribution in [1.29, 1.82) is 0 Å². The molecule has 106 valence electrons. The molecule has 0 bridgehead atoms. The van der Waals surface area contributed by atoms with Crippen LogP contribution in [0, 0.1) is 12.8 Å². The molecule has 0 spiro atoms. The second-order valence-corrected chi connectivity index (χ2v) is 7.25. The van der Waals surface area contributed by atoms with E-state index in [-0.39, 0.29) is 10.9 Å². The van der Waals surface area contributed by atoms with Crippen molar-refractivity contribution in [2.75, 3.05) is 5.73 Å². The van der Waals surface area contributed by atoms with Gasteiger partial charge in [0.25, 0.3) is 0 Å². The molecule has 2 rings (SSSR count). The highest BCUT2D eigenvalue weighted by Crippen LogP contribution is 2.36. The van der Waals surface area contributed by atoms with E-state index >= 15 is 0 Å². The quantitative estimate of drug-likeness (QED) is 0.821. The minimum Gasteiger partial charge on any atom is -0.398 e. The number of hydrogen-bond acceptors (Lipinski definition) is 3. The number of nitrogen functional groups attached to an aromatic ring is 1. The summed E-state index contributed by atoms with van der Waals surface area (Å²) in [7, 11) is -3.54. The zero-order chi connectivity index (χ0) is 14.2. The van der Waals surface area contributed by atoms with Gasteiger partial charge in [-0.1, -0.05) is 24.9 Å². The van der Waals surface area contributed by atoms with Gasteiger partial charge in [-0.05, 0) is 43.4 Å². The van der Waals surface area contributed by atoms with E-state index < -0.39 is 10.0 Å². The molecular formula is C13H19ClN2O2S. The van der Waals surface area contributed by atoms with E-state index in [1.807, 2.05) is 0 Å². The van der Waals surface area contributed by atoms with Gasteiger partial charge in [-0.3, -0.25) is 0 Å². The number of halogens is 1. The van der Waals surface area contributed by atoms with Gasteiger partial charge in [0.2, 0.25) is 10.0 Å². The third-order valence-electron chi connectivity index (χ3n) is 3.54. The molecule has 0 radical (unpaired) electrons. The summed E-state index contributed by atoms with van der Waals surface area (Å²) in [5.74, 6) is 0.469. The normalized spacial score (nSPS) is 22.5. The van der Waals surface area contributed by atoms with Crippen LogP contribution in [0.4, 0.5) is 5.69 Å². The molecule has 0 heterocycles. The van der Waals surface area contributed by atoms with Crippen LogP contribution in [0.15, 0.2) is 17.0 Å². The maximum Gasteiger partial charge on any atom is 0.241 e. The van der Waals surface area contributed by atoms with Crippen LogP contribution >= 0.6 is 11.6 Å². The number of hydrogen-bond donors (Lipinski definition) is 2. The molecule has 1 aliphatic carbocycles. The molecule has 6 heteroatoms. The predicted octanol–water partition coefficient (Wildman–Crippen LogP) is 2.70. The van der Waals surface area contributed by atoms with E-state index in [1.54, 1.807) is 13.0 Å². The van der Waals surface area contributed by atoms with Gasteiger partial charge in [-0.15, -0.1) is 0 Å². The van der Waals surface area contributed by atoms with Crippen molar-refractivity contribution < 1.29 is 8.42 Å². The monoisotopic (exact) mass is 302 g/mol. The van der Waals surface area contributed by atoms with Crippen molar-refractivity contribution in [3.63, 3.8) is 0 Å². The predicted molar refractivity (Wildman–Crippen MR) is 77.7 cm³/mol. The second-order valence-electron chi connectivity index (χ2n) is 5.13. The second kappa shape index (κ2) is 5.31. The number of rotatable bonds is 5.